The first-order chi connectivity index (χ1) is 13.5. The number of carbonyl (C=O) groups excluding carboxylic acids is 3. The van der Waals surface area contributed by atoms with Crippen molar-refractivity contribution in [1.82, 2.24) is 14.4 Å². The van der Waals surface area contributed by atoms with Crippen LogP contribution in [-0.4, -0.2) is 50.6 Å². The van der Waals surface area contributed by atoms with E-state index < -0.39 is 0 Å². The van der Waals surface area contributed by atoms with Crippen molar-refractivity contribution in [2.75, 3.05) is 13.1 Å². The molecule has 0 unspecified atom stereocenters. The first-order valence-electron chi connectivity index (χ1n) is 9.58. The molecule has 0 aliphatic carbocycles. The van der Waals surface area contributed by atoms with Crippen LogP contribution < -0.4 is 0 Å². The fourth-order valence-electron chi connectivity index (χ4n) is 3.80. The van der Waals surface area contributed by atoms with Crippen LogP contribution in [0.3, 0.4) is 0 Å². The number of hydrogen-bond acceptors (Lipinski definition) is 4. The molecular weight excluding hydrogens is 374 g/mol. The Labute approximate surface area is 168 Å². The Kier molecular flexibility index (Phi) is 5.02. The van der Waals surface area contributed by atoms with Crippen LogP contribution in [0.15, 0.2) is 35.4 Å². The minimum absolute atomic E-state index is 0.116. The first-order valence-corrected chi connectivity index (χ1v) is 10.4. The van der Waals surface area contributed by atoms with E-state index in [1.165, 1.54) is 4.90 Å². The van der Waals surface area contributed by atoms with Gasteiger partial charge in [0.05, 0.1) is 4.91 Å². The predicted octanol–water partition coefficient (Wildman–Crippen LogP) is 3.71. The molecule has 1 aromatic heterocycles. The molecule has 4 rings (SSSR count). The summed E-state index contributed by atoms with van der Waals surface area (Å²) in [6, 6.07) is 7.66. The molecule has 0 N–H and O–H groups in total. The molecule has 1 aromatic carbocycles. The molecule has 146 valence electrons. The topological polar surface area (TPSA) is 62.6 Å². The van der Waals surface area contributed by atoms with Gasteiger partial charge in [0.15, 0.2) is 0 Å². The zero-order valence-electron chi connectivity index (χ0n) is 16.1. The van der Waals surface area contributed by atoms with Crippen LogP contribution in [0.1, 0.15) is 32.3 Å². The molecule has 2 aromatic rings. The van der Waals surface area contributed by atoms with E-state index in [2.05, 4.69) is 0 Å². The van der Waals surface area contributed by atoms with Gasteiger partial charge in [-0.05, 0) is 50.6 Å². The molecule has 2 aliphatic rings. The highest BCUT2D eigenvalue weighted by Gasteiger charge is 2.36. The SMILES string of the molecule is CC(C)N1C(=O)S/C(=C\c2cn(CC(=O)N3CCCC3)c3ccccc23)C1=O. The zero-order chi connectivity index (χ0) is 19.8. The number of hydrogen-bond donors (Lipinski definition) is 0. The van der Waals surface area contributed by atoms with Crippen LogP contribution in [0.2, 0.25) is 0 Å². The van der Waals surface area contributed by atoms with Crippen molar-refractivity contribution < 1.29 is 14.4 Å². The van der Waals surface area contributed by atoms with Gasteiger partial charge in [0.2, 0.25) is 5.91 Å². The molecule has 3 amide bonds. The summed E-state index contributed by atoms with van der Waals surface area (Å²) >= 11 is 0.971. The molecule has 3 heterocycles. The van der Waals surface area contributed by atoms with Crippen LogP contribution >= 0.6 is 11.8 Å². The lowest BCUT2D eigenvalue weighted by Crippen LogP contribution is -2.34. The van der Waals surface area contributed by atoms with Gasteiger partial charge in [0, 0.05) is 41.8 Å². The van der Waals surface area contributed by atoms with Crippen molar-refractivity contribution in [3.63, 3.8) is 0 Å². The fraction of sp³-hybridized carbons (Fsp3) is 0.381. The summed E-state index contributed by atoms with van der Waals surface area (Å²) in [5.41, 5.74) is 1.79. The van der Waals surface area contributed by atoms with Gasteiger partial charge in [-0.15, -0.1) is 0 Å². The molecular formula is C21H23N3O3S. The van der Waals surface area contributed by atoms with Crippen molar-refractivity contribution in [3.05, 3.63) is 40.9 Å². The number of benzene rings is 1. The van der Waals surface area contributed by atoms with Crippen molar-refractivity contribution in [1.29, 1.82) is 0 Å². The highest BCUT2D eigenvalue weighted by atomic mass is 32.2. The Hall–Kier alpha value is -2.54. The van der Waals surface area contributed by atoms with Gasteiger partial charge < -0.3 is 9.47 Å². The van der Waals surface area contributed by atoms with Crippen molar-refractivity contribution in [2.45, 2.75) is 39.3 Å². The van der Waals surface area contributed by atoms with E-state index in [0.717, 1.165) is 54.2 Å². The minimum Gasteiger partial charge on any atom is -0.341 e. The zero-order valence-corrected chi connectivity index (χ0v) is 16.9. The third-order valence-electron chi connectivity index (χ3n) is 5.21. The first kappa shape index (κ1) is 18.8. The number of rotatable bonds is 4. The second-order valence-electron chi connectivity index (χ2n) is 7.46. The van der Waals surface area contributed by atoms with E-state index in [1.807, 2.05) is 53.8 Å². The third kappa shape index (κ3) is 3.35. The molecule has 0 atom stereocenters. The highest BCUT2D eigenvalue weighted by molar-refractivity contribution is 8.18. The average Bonchev–Trinajstić information content (AvgIpc) is 3.36. The van der Waals surface area contributed by atoms with Gasteiger partial charge in [-0.1, -0.05) is 18.2 Å². The van der Waals surface area contributed by atoms with Crippen LogP contribution in [0.4, 0.5) is 4.79 Å². The maximum Gasteiger partial charge on any atom is 0.293 e. The van der Waals surface area contributed by atoms with Gasteiger partial charge in [-0.2, -0.15) is 0 Å². The number of carbonyl (C=O) groups is 3. The van der Waals surface area contributed by atoms with Crippen LogP contribution in [0, 0.1) is 0 Å². The summed E-state index contributed by atoms with van der Waals surface area (Å²) in [5.74, 6) is -0.139. The van der Waals surface area contributed by atoms with Gasteiger partial charge in [0.1, 0.15) is 6.54 Å². The Morgan fingerprint density at radius 3 is 2.57 bits per heavy atom. The highest BCUT2D eigenvalue weighted by Crippen LogP contribution is 2.35. The molecule has 2 fully saturated rings. The molecule has 7 heteroatoms. The van der Waals surface area contributed by atoms with Gasteiger partial charge in [-0.25, -0.2) is 0 Å². The van der Waals surface area contributed by atoms with E-state index >= 15 is 0 Å². The van der Waals surface area contributed by atoms with Crippen molar-refractivity contribution >= 4 is 45.8 Å². The summed E-state index contributed by atoms with van der Waals surface area (Å²) in [6.07, 6.45) is 5.80. The lowest BCUT2D eigenvalue weighted by molar-refractivity contribution is -0.130. The van der Waals surface area contributed by atoms with Crippen LogP contribution in [-0.2, 0) is 16.1 Å². The number of para-hydroxylation sites is 1. The molecule has 0 saturated carbocycles. The second kappa shape index (κ2) is 7.47. The minimum atomic E-state index is -0.255. The van der Waals surface area contributed by atoms with E-state index in [-0.39, 0.29) is 29.6 Å². The number of nitrogens with zero attached hydrogens (tertiary/aromatic N) is 3. The Balaban J connectivity index is 1.68. The summed E-state index contributed by atoms with van der Waals surface area (Å²) in [6.45, 7) is 5.59. The van der Waals surface area contributed by atoms with E-state index in [0.29, 0.717) is 4.91 Å². The largest absolute Gasteiger partial charge is 0.341 e. The smallest absolute Gasteiger partial charge is 0.293 e. The summed E-state index contributed by atoms with van der Waals surface area (Å²) in [7, 11) is 0. The summed E-state index contributed by atoms with van der Waals surface area (Å²) < 4.78 is 1.94. The Morgan fingerprint density at radius 1 is 1.18 bits per heavy atom. The molecule has 0 radical (unpaired) electrons. The van der Waals surface area contributed by atoms with E-state index in [1.54, 1.807) is 6.08 Å². The number of aromatic nitrogens is 1. The van der Waals surface area contributed by atoms with Crippen LogP contribution in [0.5, 0.6) is 0 Å². The molecule has 2 saturated heterocycles. The second-order valence-corrected chi connectivity index (χ2v) is 8.46. The fourth-order valence-corrected chi connectivity index (χ4v) is 4.75. The van der Waals surface area contributed by atoms with E-state index in [9.17, 15) is 14.4 Å². The monoisotopic (exact) mass is 397 g/mol. The molecule has 2 aliphatic heterocycles. The lowest BCUT2D eigenvalue weighted by Gasteiger charge is -2.16. The van der Waals surface area contributed by atoms with Crippen molar-refractivity contribution in [3.8, 4) is 0 Å². The lowest BCUT2D eigenvalue weighted by atomic mass is 10.1. The number of thioether (sulfide) groups is 1. The maximum atomic E-state index is 12.6. The van der Waals surface area contributed by atoms with Gasteiger partial charge in [0.25, 0.3) is 11.1 Å². The number of fused-ring (bicyclic) bond motifs is 1. The normalized spacial score (nSPS) is 19.0. The predicted molar refractivity (Wildman–Crippen MR) is 111 cm³/mol. The quantitative estimate of drug-likeness (QED) is 0.738. The molecule has 28 heavy (non-hydrogen) atoms. The third-order valence-corrected chi connectivity index (χ3v) is 6.09. The Morgan fingerprint density at radius 2 is 1.89 bits per heavy atom. The summed E-state index contributed by atoms with van der Waals surface area (Å²) in [4.78, 5) is 41.0. The number of imide groups is 1. The molecule has 0 spiro atoms. The average molecular weight is 398 g/mol. The maximum absolute atomic E-state index is 12.6. The molecule has 6 nitrogen and oxygen atoms in total. The molecule has 0 bridgehead atoms. The van der Waals surface area contributed by atoms with E-state index in [4.69, 9.17) is 0 Å². The number of amides is 3. The standard InChI is InChI=1S/C21H23N3O3S/c1-14(2)24-20(26)18(28-21(24)27)11-15-12-23(17-8-4-3-7-16(15)17)13-19(25)22-9-5-6-10-22/h3-4,7-8,11-12,14H,5-6,9-10,13H2,1-2H3/b18-11-. The van der Waals surface area contributed by atoms with Gasteiger partial charge in [-0.3, -0.25) is 19.3 Å². The summed E-state index contributed by atoms with van der Waals surface area (Å²) in [5, 5.41) is 0.729. The van der Waals surface area contributed by atoms with Crippen LogP contribution in [0.25, 0.3) is 17.0 Å². The van der Waals surface area contributed by atoms with Crippen molar-refractivity contribution in [2.24, 2.45) is 0 Å². The number of likely N-dealkylation sites (tertiary alicyclic amines) is 1. The van der Waals surface area contributed by atoms with Gasteiger partial charge >= 0.3 is 0 Å². The Bertz CT molecular complexity index is 986.